The molecule has 0 fully saturated rings. The highest BCUT2D eigenvalue weighted by atomic mass is 16.7. The highest BCUT2D eigenvalue weighted by Gasteiger charge is 2.36. The molecule has 1 N–H and O–H groups in total. The largest absolute Gasteiger partial charge is 0.507 e. The second-order valence-electron chi connectivity index (χ2n) is 5.28. The van der Waals surface area contributed by atoms with Crippen molar-refractivity contribution in [3.8, 4) is 0 Å². The average Bonchev–Trinajstić information content (AvgIpc) is 2.55. The van der Waals surface area contributed by atoms with Gasteiger partial charge in [0.1, 0.15) is 5.76 Å². The molecular formula is C18H22O4. The maximum Gasteiger partial charge on any atom is 0.195 e. The van der Waals surface area contributed by atoms with Gasteiger partial charge < -0.3 is 14.6 Å². The smallest absolute Gasteiger partial charge is 0.195 e. The number of Topliss-reactive ketones (excluding diaryl/α,β-unsaturated/α-hetero) is 1. The van der Waals surface area contributed by atoms with Crippen LogP contribution in [0.1, 0.15) is 31.7 Å². The number of aliphatic hydroxyl groups is 1. The Morgan fingerprint density at radius 2 is 2.05 bits per heavy atom. The summed E-state index contributed by atoms with van der Waals surface area (Å²) in [7, 11) is 1.52. The van der Waals surface area contributed by atoms with E-state index in [9.17, 15) is 9.90 Å². The van der Waals surface area contributed by atoms with Crippen LogP contribution >= 0.6 is 0 Å². The molecule has 22 heavy (non-hydrogen) atoms. The van der Waals surface area contributed by atoms with E-state index in [-0.39, 0.29) is 23.5 Å². The molecule has 0 bridgehead atoms. The van der Waals surface area contributed by atoms with E-state index in [0.29, 0.717) is 12.2 Å². The molecule has 1 aromatic rings. The number of hydrogen-bond donors (Lipinski definition) is 1. The number of benzene rings is 1. The maximum atomic E-state index is 12.4. The first-order chi connectivity index (χ1) is 10.6. The molecule has 118 valence electrons. The zero-order chi connectivity index (χ0) is 16.0. The SMILES string of the molecule is CCCCOC1(OC)C=CC(=C(O)c2ccccc2)C(=O)C1. The fourth-order valence-electron chi connectivity index (χ4n) is 2.33. The monoisotopic (exact) mass is 302 g/mol. The molecule has 1 atom stereocenters. The Labute approximate surface area is 131 Å². The van der Waals surface area contributed by atoms with Crippen molar-refractivity contribution in [3.63, 3.8) is 0 Å². The zero-order valence-corrected chi connectivity index (χ0v) is 13.0. The predicted molar refractivity (Wildman–Crippen MR) is 85.4 cm³/mol. The van der Waals surface area contributed by atoms with E-state index in [4.69, 9.17) is 9.47 Å². The second kappa shape index (κ2) is 7.38. The second-order valence-corrected chi connectivity index (χ2v) is 5.28. The predicted octanol–water partition coefficient (Wildman–Crippen LogP) is 3.64. The van der Waals surface area contributed by atoms with Gasteiger partial charge in [0.2, 0.25) is 0 Å². The standard InChI is InChI=1S/C18H22O4/c1-3-4-12-22-18(21-2)11-10-15(16(19)13-18)17(20)14-8-6-5-7-9-14/h5-11,20H,3-4,12-13H2,1-2H3. The van der Waals surface area contributed by atoms with Crippen molar-refractivity contribution >= 4 is 11.5 Å². The summed E-state index contributed by atoms with van der Waals surface area (Å²) in [6.45, 7) is 2.61. The number of rotatable bonds is 6. The van der Waals surface area contributed by atoms with Crippen LogP contribution in [0.3, 0.4) is 0 Å². The number of carbonyl (C=O) groups excluding carboxylic acids is 1. The molecule has 0 spiro atoms. The Hall–Kier alpha value is -1.91. The minimum Gasteiger partial charge on any atom is -0.507 e. The number of aliphatic hydroxyl groups excluding tert-OH is 1. The van der Waals surface area contributed by atoms with Crippen LogP contribution in [0.15, 0.2) is 48.1 Å². The Morgan fingerprint density at radius 1 is 1.32 bits per heavy atom. The number of ketones is 1. The Bertz CT molecular complexity index is 574. The molecule has 4 nitrogen and oxygen atoms in total. The van der Waals surface area contributed by atoms with Crippen LogP contribution in [0.25, 0.3) is 5.76 Å². The number of ether oxygens (including phenoxy) is 2. The summed E-state index contributed by atoms with van der Waals surface area (Å²) in [6, 6.07) is 9.02. The molecule has 1 aromatic carbocycles. The van der Waals surface area contributed by atoms with E-state index < -0.39 is 5.79 Å². The van der Waals surface area contributed by atoms with Gasteiger partial charge in [-0.3, -0.25) is 4.79 Å². The lowest BCUT2D eigenvalue weighted by atomic mass is 9.93. The molecule has 0 aliphatic heterocycles. The molecule has 0 heterocycles. The van der Waals surface area contributed by atoms with Crippen LogP contribution in [-0.2, 0) is 14.3 Å². The van der Waals surface area contributed by atoms with Crippen molar-refractivity contribution < 1.29 is 19.4 Å². The molecule has 0 saturated heterocycles. The van der Waals surface area contributed by atoms with E-state index in [1.165, 1.54) is 7.11 Å². The summed E-state index contributed by atoms with van der Waals surface area (Å²) in [4.78, 5) is 12.4. The van der Waals surface area contributed by atoms with Crippen molar-refractivity contribution in [1.29, 1.82) is 0 Å². The molecular weight excluding hydrogens is 280 g/mol. The lowest BCUT2D eigenvalue weighted by Crippen LogP contribution is -2.38. The molecule has 2 rings (SSSR count). The van der Waals surface area contributed by atoms with Gasteiger partial charge in [-0.2, -0.15) is 0 Å². The molecule has 4 heteroatoms. The molecule has 0 saturated carbocycles. The first-order valence-corrected chi connectivity index (χ1v) is 7.52. The van der Waals surface area contributed by atoms with Gasteiger partial charge in [0, 0.05) is 12.7 Å². The van der Waals surface area contributed by atoms with Gasteiger partial charge in [-0.05, 0) is 18.6 Å². The van der Waals surface area contributed by atoms with Gasteiger partial charge in [0.25, 0.3) is 0 Å². The van der Waals surface area contributed by atoms with Crippen molar-refractivity contribution in [3.05, 3.63) is 53.6 Å². The summed E-state index contributed by atoms with van der Waals surface area (Å²) < 4.78 is 11.1. The van der Waals surface area contributed by atoms with Gasteiger partial charge in [-0.1, -0.05) is 43.7 Å². The van der Waals surface area contributed by atoms with Gasteiger partial charge in [0.05, 0.1) is 18.6 Å². The zero-order valence-electron chi connectivity index (χ0n) is 13.0. The van der Waals surface area contributed by atoms with E-state index in [2.05, 4.69) is 6.92 Å². The van der Waals surface area contributed by atoms with Crippen LogP contribution in [0.2, 0.25) is 0 Å². The minimum atomic E-state index is -1.02. The van der Waals surface area contributed by atoms with Crippen LogP contribution in [0.5, 0.6) is 0 Å². The van der Waals surface area contributed by atoms with Crippen LogP contribution < -0.4 is 0 Å². The first-order valence-electron chi connectivity index (χ1n) is 7.52. The van der Waals surface area contributed by atoms with Crippen LogP contribution in [0, 0.1) is 0 Å². The van der Waals surface area contributed by atoms with Gasteiger partial charge >= 0.3 is 0 Å². The normalized spacial score (nSPS) is 23.6. The molecule has 0 aromatic heterocycles. The summed E-state index contributed by atoms with van der Waals surface area (Å²) in [5.41, 5.74) is 0.908. The fourth-order valence-corrected chi connectivity index (χ4v) is 2.33. The molecule has 1 unspecified atom stereocenters. The fraction of sp³-hybridized carbons (Fsp3) is 0.389. The van der Waals surface area contributed by atoms with E-state index >= 15 is 0 Å². The lowest BCUT2D eigenvalue weighted by Gasteiger charge is -2.31. The lowest BCUT2D eigenvalue weighted by molar-refractivity contribution is -0.193. The van der Waals surface area contributed by atoms with Gasteiger partial charge in [-0.15, -0.1) is 0 Å². The van der Waals surface area contributed by atoms with Crippen molar-refractivity contribution in [2.75, 3.05) is 13.7 Å². The minimum absolute atomic E-state index is 0.0138. The summed E-state index contributed by atoms with van der Waals surface area (Å²) in [6.07, 6.45) is 5.28. The van der Waals surface area contributed by atoms with Crippen molar-refractivity contribution in [1.82, 2.24) is 0 Å². The molecule has 1 aliphatic rings. The quantitative estimate of drug-likeness (QED) is 0.377. The van der Waals surface area contributed by atoms with E-state index in [1.54, 1.807) is 24.3 Å². The average molecular weight is 302 g/mol. The summed E-state index contributed by atoms with van der Waals surface area (Å²) >= 11 is 0. The van der Waals surface area contributed by atoms with E-state index in [0.717, 1.165) is 12.8 Å². The summed E-state index contributed by atoms with van der Waals surface area (Å²) in [5.74, 6) is -1.23. The van der Waals surface area contributed by atoms with Gasteiger partial charge in [0.15, 0.2) is 11.6 Å². The summed E-state index contributed by atoms with van der Waals surface area (Å²) in [5, 5.41) is 10.3. The highest BCUT2D eigenvalue weighted by Crippen LogP contribution is 2.30. The number of carbonyl (C=O) groups is 1. The van der Waals surface area contributed by atoms with Crippen LogP contribution in [-0.4, -0.2) is 30.4 Å². The molecule has 0 radical (unpaired) electrons. The van der Waals surface area contributed by atoms with Crippen molar-refractivity contribution in [2.45, 2.75) is 32.0 Å². The Balaban J connectivity index is 2.25. The first kappa shape index (κ1) is 16.5. The Morgan fingerprint density at radius 3 is 2.64 bits per heavy atom. The highest BCUT2D eigenvalue weighted by molar-refractivity contribution is 6.05. The molecule has 0 amide bonds. The number of unbranched alkanes of at least 4 members (excludes halogenated alkanes) is 1. The molecule has 1 aliphatic carbocycles. The third kappa shape index (κ3) is 3.64. The third-order valence-electron chi connectivity index (χ3n) is 3.70. The van der Waals surface area contributed by atoms with Gasteiger partial charge in [-0.25, -0.2) is 0 Å². The van der Waals surface area contributed by atoms with Crippen LogP contribution in [0.4, 0.5) is 0 Å². The maximum absolute atomic E-state index is 12.4. The number of hydrogen-bond acceptors (Lipinski definition) is 4. The topological polar surface area (TPSA) is 55.8 Å². The number of methoxy groups -OCH3 is 1. The van der Waals surface area contributed by atoms with Crippen molar-refractivity contribution in [2.24, 2.45) is 0 Å². The third-order valence-corrected chi connectivity index (χ3v) is 3.70. The van der Waals surface area contributed by atoms with E-state index in [1.807, 2.05) is 18.2 Å². The number of allylic oxidation sites excluding steroid dienone is 2. The Kier molecular flexibility index (Phi) is 5.52.